The summed E-state index contributed by atoms with van der Waals surface area (Å²) in [5.41, 5.74) is 3.58. The predicted octanol–water partition coefficient (Wildman–Crippen LogP) is 4.36. The smallest absolute Gasteiger partial charge is 0.226 e. The summed E-state index contributed by atoms with van der Waals surface area (Å²) in [6, 6.07) is 9.84. The van der Waals surface area contributed by atoms with Crippen LogP contribution in [0.3, 0.4) is 0 Å². The topological polar surface area (TPSA) is 96.9 Å². The number of aryl methyl sites for hydroxylation is 1. The minimum absolute atomic E-state index is 0.104. The van der Waals surface area contributed by atoms with Gasteiger partial charge in [0.2, 0.25) is 5.91 Å². The highest BCUT2D eigenvalue weighted by Crippen LogP contribution is 2.49. The van der Waals surface area contributed by atoms with Crippen LogP contribution in [0.25, 0.3) is 0 Å². The zero-order valence-corrected chi connectivity index (χ0v) is 18.6. The molecule has 8 heteroatoms. The normalized spacial score (nSPS) is 14.0. The van der Waals surface area contributed by atoms with Crippen molar-refractivity contribution < 1.29 is 9.59 Å². The molecular formula is C23H22BrN5O2. The average molecular weight is 480 g/mol. The lowest BCUT2D eigenvalue weighted by Gasteiger charge is -2.14. The number of carbonyl (C=O) groups is 2. The molecule has 1 aliphatic carbocycles. The van der Waals surface area contributed by atoms with E-state index in [-0.39, 0.29) is 18.1 Å². The van der Waals surface area contributed by atoms with Gasteiger partial charge in [-0.2, -0.15) is 0 Å². The molecule has 1 aliphatic rings. The Morgan fingerprint density at radius 1 is 1.10 bits per heavy atom. The van der Waals surface area contributed by atoms with Crippen LogP contribution in [0.15, 0.2) is 59.7 Å². The van der Waals surface area contributed by atoms with Crippen LogP contribution in [-0.2, 0) is 11.3 Å². The molecule has 1 amide bonds. The summed E-state index contributed by atoms with van der Waals surface area (Å²) in [6.45, 7) is 2.36. The van der Waals surface area contributed by atoms with Crippen LogP contribution in [0, 0.1) is 12.3 Å². The van der Waals surface area contributed by atoms with Gasteiger partial charge in [0.05, 0.1) is 35.1 Å². The Morgan fingerprint density at radius 3 is 2.52 bits per heavy atom. The van der Waals surface area contributed by atoms with Crippen molar-refractivity contribution in [1.29, 1.82) is 0 Å². The van der Waals surface area contributed by atoms with E-state index in [0.717, 1.165) is 27.1 Å². The number of anilines is 2. The second-order valence-electron chi connectivity index (χ2n) is 7.81. The van der Waals surface area contributed by atoms with Gasteiger partial charge in [-0.25, -0.2) is 9.97 Å². The third-order valence-corrected chi connectivity index (χ3v) is 5.93. The second kappa shape index (κ2) is 8.93. The van der Waals surface area contributed by atoms with Gasteiger partial charge in [0, 0.05) is 29.0 Å². The van der Waals surface area contributed by atoms with Crippen molar-refractivity contribution in [2.24, 2.45) is 5.41 Å². The quantitative estimate of drug-likeness (QED) is 0.466. The Hall–Kier alpha value is -3.13. The Labute approximate surface area is 188 Å². The summed E-state index contributed by atoms with van der Waals surface area (Å²) in [5.74, 6) is -0.211. The third-order valence-electron chi connectivity index (χ3n) is 5.44. The van der Waals surface area contributed by atoms with E-state index in [1.54, 1.807) is 6.20 Å². The number of halogens is 1. The van der Waals surface area contributed by atoms with Crippen molar-refractivity contribution in [3.05, 3.63) is 76.5 Å². The zero-order chi connectivity index (χ0) is 21.8. The van der Waals surface area contributed by atoms with Gasteiger partial charge >= 0.3 is 0 Å². The van der Waals surface area contributed by atoms with E-state index < -0.39 is 5.41 Å². The summed E-state index contributed by atoms with van der Waals surface area (Å²) in [5, 5.41) is 6.28. The van der Waals surface area contributed by atoms with Crippen molar-refractivity contribution in [2.75, 3.05) is 5.32 Å². The second-order valence-corrected chi connectivity index (χ2v) is 8.73. The number of nitrogens with zero attached hydrogens (tertiary/aromatic N) is 3. The molecule has 0 radical (unpaired) electrons. The number of aromatic nitrogens is 3. The van der Waals surface area contributed by atoms with Gasteiger partial charge in [-0.3, -0.25) is 14.6 Å². The van der Waals surface area contributed by atoms with E-state index >= 15 is 0 Å². The maximum Gasteiger partial charge on any atom is 0.226 e. The van der Waals surface area contributed by atoms with E-state index in [9.17, 15) is 9.59 Å². The van der Waals surface area contributed by atoms with Crippen molar-refractivity contribution in [2.45, 2.75) is 32.7 Å². The fourth-order valence-corrected chi connectivity index (χ4v) is 3.85. The standard InChI is InChI=1S/C23H22BrN5O2/c1-15-8-17(24)2-5-20(15)29-19-4-3-18(27-13-19)12-28-22(31)23(6-7-23)9-21(30)16-10-25-14-26-11-16/h2-5,8,10-11,13-14,29H,6-7,9,12H2,1H3,(H,28,31). The SMILES string of the molecule is Cc1cc(Br)ccc1Nc1ccc(CNC(=O)C2(CC(=O)c3cncnc3)CC2)nc1. The van der Waals surface area contributed by atoms with Crippen LogP contribution in [0.4, 0.5) is 11.4 Å². The van der Waals surface area contributed by atoms with Crippen LogP contribution < -0.4 is 10.6 Å². The molecule has 0 spiro atoms. The Morgan fingerprint density at radius 2 is 1.87 bits per heavy atom. The summed E-state index contributed by atoms with van der Waals surface area (Å²) in [7, 11) is 0. The van der Waals surface area contributed by atoms with E-state index in [2.05, 4.69) is 41.5 Å². The van der Waals surface area contributed by atoms with Crippen molar-refractivity contribution in [3.63, 3.8) is 0 Å². The first kappa shape index (κ1) is 21.1. The molecule has 0 bridgehead atoms. The molecule has 158 valence electrons. The van der Waals surface area contributed by atoms with Crippen molar-refractivity contribution in [3.8, 4) is 0 Å². The molecule has 0 saturated heterocycles. The van der Waals surface area contributed by atoms with Gasteiger partial charge in [0.25, 0.3) is 0 Å². The largest absolute Gasteiger partial charge is 0.354 e. The molecule has 4 rings (SSSR count). The molecule has 2 N–H and O–H groups in total. The average Bonchev–Trinajstić information content (AvgIpc) is 3.56. The molecule has 1 fully saturated rings. The highest BCUT2D eigenvalue weighted by Gasteiger charge is 2.51. The number of carbonyl (C=O) groups excluding carboxylic acids is 2. The number of rotatable bonds is 8. The molecule has 2 heterocycles. The Balaban J connectivity index is 1.31. The lowest BCUT2D eigenvalue weighted by molar-refractivity contribution is -0.126. The van der Waals surface area contributed by atoms with E-state index in [4.69, 9.17) is 0 Å². The molecule has 1 aromatic carbocycles. The number of ketones is 1. The molecule has 31 heavy (non-hydrogen) atoms. The number of benzene rings is 1. The molecule has 1 saturated carbocycles. The van der Waals surface area contributed by atoms with Gasteiger partial charge in [-0.1, -0.05) is 15.9 Å². The molecule has 7 nitrogen and oxygen atoms in total. The number of amides is 1. The number of pyridine rings is 1. The fourth-order valence-electron chi connectivity index (χ4n) is 3.37. The number of Topliss-reactive ketones (excluding diaryl/α,β-unsaturated/α-hetero) is 1. The zero-order valence-electron chi connectivity index (χ0n) is 17.1. The molecular weight excluding hydrogens is 458 g/mol. The van der Waals surface area contributed by atoms with Crippen LogP contribution in [0.2, 0.25) is 0 Å². The molecule has 2 aromatic heterocycles. The van der Waals surface area contributed by atoms with Crippen LogP contribution in [0.1, 0.15) is 40.9 Å². The minimum Gasteiger partial charge on any atom is -0.354 e. The maximum absolute atomic E-state index is 12.7. The highest BCUT2D eigenvalue weighted by atomic mass is 79.9. The number of hydrogen-bond acceptors (Lipinski definition) is 6. The first-order valence-electron chi connectivity index (χ1n) is 10.00. The summed E-state index contributed by atoms with van der Waals surface area (Å²) < 4.78 is 1.03. The lowest BCUT2D eigenvalue weighted by Crippen LogP contribution is -2.33. The molecule has 3 aromatic rings. The molecule has 0 unspecified atom stereocenters. The van der Waals surface area contributed by atoms with Crippen LogP contribution in [0.5, 0.6) is 0 Å². The van der Waals surface area contributed by atoms with Gasteiger partial charge < -0.3 is 10.6 Å². The van der Waals surface area contributed by atoms with E-state index in [0.29, 0.717) is 24.9 Å². The van der Waals surface area contributed by atoms with E-state index in [1.165, 1.54) is 18.7 Å². The number of nitrogens with one attached hydrogen (secondary N) is 2. The van der Waals surface area contributed by atoms with Gasteiger partial charge in [-0.05, 0) is 55.7 Å². The van der Waals surface area contributed by atoms with Crippen molar-refractivity contribution >= 4 is 39.0 Å². The molecule has 0 aliphatic heterocycles. The summed E-state index contributed by atoms with van der Waals surface area (Å²) in [6.07, 6.45) is 7.69. The summed E-state index contributed by atoms with van der Waals surface area (Å²) in [4.78, 5) is 37.3. The van der Waals surface area contributed by atoms with Crippen LogP contribution >= 0.6 is 15.9 Å². The van der Waals surface area contributed by atoms with Gasteiger partial charge in [0.15, 0.2) is 5.78 Å². The van der Waals surface area contributed by atoms with E-state index in [1.807, 2.05) is 37.3 Å². The first-order chi connectivity index (χ1) is 14.9. The van der Waals surface area contributed by atoms with Crippen molar-refractivity contribution in [1.82, 2.24) is 20.3 Å². The van der Waals surface area contributed by atoms with Gasteiger partial charge in [0.1, 0.15) is 6.33 Å². The molecule has 0 atom stereocenters. The Bertz CT molecular complexity index is 1100. The Kier molecular flexibility index (Phi) is 6.08. The maximum atomic E-state index is 12.7. The first-order valence-corrected chi connectivity index (χ1v) is 10.8. The monoisotopic (exact) mass is 479 g/mol. The minimum atomic E-state index is -0.618. The number of hydrogen-bond donors (Lipinski definition) is 2. The van der Waals surface area contributed by atoms with Crippen LogP contribution in [-0.4, -0.2) is 26.6 Å². The summed E-state index contributed by atoms with van der Waals surface area (Å²) >= 11 is 3.46. The fraction of sp³-hybridized carbons (Fsp3) is 0.261. The highest BCUT2D eigenvalue weighted by molar-refractivity contribution is 9.10. The third kappa shape index (κ3) is 5.14. The van der Waals surface area contributed by atoms with Gasteiger partial charge in [-0.15, -0.1) is 0 Å². The lowest BCUT2D eigenvalue weighted by atomic mass is 9.96. The predicted molar refractivity (Wildman–Crippen MR) is 121 cm³/mol.